The average Bonchev–Trinajstić information content (AvgIpc) is 3.50. The van der Waals surface area contributed by atoms with E-state index in [0.29, 0.717) is 15.8 Å². The number of aryl methyl sites for hydroxylation is 1. The van der Waals surface area contributed by atoms with E-state index in [1.807, 2.05) is 0 Å². The van der Waals surface area contributed by atoms with Crippen LogP contribution in [0.15, 0.2) is 53.7 Å². The van der Waals surface area contributed by atoms with Crippen LogP contribution >= 0.6 is 23.1 Å². The third kappa shape index (κ3) is 6.74. The number of nitrogens with one attached hydrogen (secondary N) is 2. The Kier molecular flexibility index (Phi) is 8.20. The molecule has 0 aliphatic rings. The van der Waals surface area contributed by atoms with Gasteiger partial charge in [0.2, 0.25) is 11.0 Å². The first-order valence-electron chi connectivity index (χ1n) is 10.9. The lowest BCUT2D eigenvalue weighted by atomic mass is 10.1. The van der Waals surface area contributed by atoms with E-state index in [0.717, 1.165) is 23.9 Å². The van der Waals surface area contributed by atoms with Gasteiger partial charge in [-0.25, -0.2) is 0 Å². The monoisotopic (exact) mass is 578 g/mol. The van der Waals surface area contributed by atoms with Crippen molar-refractivity contribution in [3.63, 3.8) is 0 Å². The molecule has 2 aromatic carbocycles. The van der Waals surface area contributed by atoms with E-state index in [2.05, 4.69) is 31.0 Å². The Bertz CT molecular complexity index is 1520. The van der Waals surface area contributed by atoms with Crippen molar-refractivity contribution in [2.24, 2.45) is 0 Å². The summed E-state index contributed by atoms with van der Waals surface area (Å²) in [7, 11) is 0. The summed E-state index contributed by atoms with van der Waals surface area (Å²) in [6.45, 7) is 1.41. The lowest BCUT2D eigenvalue weighted by Gasteiger charge is -2.13. The maximum Gasteiger partial charge on any atom is 0.417 e. The molecule has 202 valence electrons. The number of aromatic nitrogens is 5. The third-order valence-corrected chi connectivity index (χ3v) is 6.69. The number of anilines is 1. The highest BCUT2D eigenvalue weighted by atomic mass is 32.2. The van der Waals surface area contributed by atoms with Gasteiger partial charge >= 0.3 is 6.18 Å². The van der Waals surface area contributed by atoms with Crippen molar-refractivity contribution in [3.05, 3.63) is 80.6 Å². The average molecular weight is 579 g/mol. The second-order valence-corrected chi connectivity index (χ2v) is 9.82. The lowest BCUT2D eigenvalue weighted by molar-refractivity contribution is -0.384. The number of carbonyl (C=O) groups excluding carboxylic acids is 2. The quantitative estimate of drug-likeness (QED) is 0.170. The van der Waals surface area contributed by atoms with Gasteiger partial charge in [0.15, 0.2) is 11.0 Å². The summed E-state index contributed by atoms with van der Waals surface area (Å²) in [4.78, 5) is 35.5. The van der Waals surface area contributed by atoms with E-state index < -0.39 is 34.0 Å². The van der Waals surface area contributed by atoms with Crippen LogP contribution in [0.3, 0.4) is 0 Å². The summed E-state index contributed by atoms with van der Waals surface area (Å²) in [6.07, 6.45) is -4.73. The molecule has 0 atom stereocenters. The zero-order valence-electron chi connectivity index (χ0n) is 19.8. The second-order valence-electron chi connectivity index (χ2n) is 7.70. The van der Waals surface area contributed by atoms with Crippen molar-refractivity contribution in [2.45, 2.75) is 24.8 Å². The first-order chi connectivity index (χ1) is 18.5. The fourth-order valence-corrected chi connectivity index (χ4v) is 4.69. The van der Waals surface area contributed by atoms with Crippen molar-refractivity contribution < 1.29 is 27.7 Å². The van der Waals surface area contributed by atoms with Crippen LogP contribution in [0.2, 0.25) is 0 Å². The highest BCUT2D eigenvalue weighted by molar-refractivity contribution is 7.99. The van der Waals surface area contributed by atoms with Crippen LogP contribution in [-0.4, -0.2) is 47.5 Å². The molecule has 0 fully saturated rings. The minimum absolute atomic E-state index is 0.115. The molecule has 0 aliphatic carbocycles. The van der Waals surface area contributed by atoms with E-state index >= 15 is 0 Å². The minimum atomic E-state index is -4.73. The van der Waals surface area contributed by atoms with Gasteiger partial charge in [0.25, 0.3) is 11.6 Å². The minimum Gasteiger partial charge on any atom is -0.345 e. The number of thioether (sulfide) groups is 1. The van der Waals surface area contributed by atoms with Gasteiger partial charge in [0, 0.05) is 17.8 Å². The molecule has 0 aliphatic heterocycles. The van der Waals surface area contributed by atoms with Crippen LogP contribution in [0.5, 0.6) is 0 Å². The predicted molar refractivity (Wildman–Crippen MR) is 135 cm³/mol. The van der Waals surface area contributed by atoms with Crippen molar-refractivity contribution >= 4 is 45.7 Å². The number of amides is 2. The van der Waals surface area contributed by atoms with Crippen molar-refractivity contribution in [1.29, 1.82) is 0 Å². The van der Waals surface area contributed by atoms with Crippen molar-refractivity contribution in [1.82, 2.24) is 30.3 Å². The molecule has 0 radical (unpaired) electrons. The summed E-state index contributed by atoms with van der Waals surface area (Å²) < 4.78 is 41.5. The van der Waals surface area contributed by atoms with Crippen LogP contribution in [-0.2, 0) is 17.5 Å². The number of hydrogen-bond acceptors (Lipinski definition) is 10. The summed E-state index contributed by atoms with van der Waals surface area (Å²) in [6, 6.07) is 9.67. The molecule has 17 heteroatoms. The summed E-state index contributed by atoms with van der Waals surface area (Å²) in [5.74, 6) is -1.39. The Morgan fingerprint density at radius 3 is 2.44 bits per heavy atom. The zero-order valence-corrected chi connectivity index (χ0v) is 21.4. The Balaban J connectivity index is 1.56. The van der Waals surface area contributed by atoms with E-state index in [4.69, 9.17) is 0 Å². The van der Waals surface area contributed by atoms with Gasteiger partial charge in [-0.15, -0.1) is 20.4 Å². The number of nitro benzene ring substituents is 1. The molecule has 4 aromatic rings. The van der Waals surface area contributed by atoms with Gasteiger partial charge in [0.05, 0.1) is 28.3 Å². The Morgan fingerprint density at radius 2 is 1.79 bits per heavy atom. The number of benzene rings is 2. The number of rotatable bonds is 9. The van der Waals surface area contributed by atoms with Crippen molar-refractivity contribution in [3.8, 4) is 5.69 Å². The highest BCUT2D eigenvalue weighted by Gasteiger charge is 2.34. The van der Waals surface area contributed by atoms with E-state index in [9.17, 15) is 32.9 Å². The van der Waals surface area contributed by atoms with Crippen LogP contribution in [0.1, 0.15) is 26.8 Å². The molecule has 2 N–H and O–H groups in total. The number of halogens is 3. The third-order valence-electron chi connectivity index (χ3n) is 5.01. The van der Waals surface area contributed by atoms with E-state index in [-0.39, 0.29) is 29.0 Å². The van der Waals surface area contributed by atoms with E-state index in [1.54, 1.807) is 6.92 Å². The lowest BCUT2D eigenvalue weighted by Crippen LogP contribution is -2.27. The molecule has 12 nitrogen and oxygen atoms in total. The summed E-state index contributed by atoms with van der Waals surface area (Å²) >= 11 is 2.18. The molecule has 0 saturated carbocycles. The molecule has 0 saturated heterocycles. The smallest absolute Gasteiger partial charge is 0.345 e. The van der Waals surface area contributed by atoms with Gasteiger partial charge in [-0.3, -0.25) is 29.6 Å². The zero-order chi connectivity index (χ0) is 28.2. The molecule has 4 rings (SSSR count). The van der Waals surface area contributed by atoms with Crippen LogP contribution in [0.4, 0.5) is 24.0 Å². The molecule has 0 unspecified atom stereocenters. The molecular weight excluding hydrogens is 561 g/mol. The highest BCUT2D eigenvalue weighted by Crippen LogP contribution is 2.32. The molecule has 2 amide bonds. The molecule has 0 spiro atoms. The Morgan fingerprint density at radius 1 is 1.08 bits per heavy atom. The number of nitrogens with zero attached hydrogens (tertiary/aromatic N) is 6. The van der Waals surface area contributed by atoms with Gasteiger partial charge in [-0.1, -0.05) is 35.2 Å². The largest absolute Gasteiger partial charge is 0.417 e. The summed E-state index contributed by atoms with van der Waals surface area (Å²) in [5.41, 5.74) is -1.46. The summed E-state index contributed by atoms with van der Waals surface area (Å²) in [5, 5.41) is 33.0. The van der Waals surface area contributed by atoms with Crippen LogP contribution in [0, 0.1) is 17.0 Å². The Hall–Kier alpha value is -4.38. The number of non-ortho nitro benzene ring substituents is 1. The van der Waals surface area contributed by atoms with Gasteiger partial charge < -0.3 is 5.32 Å². The van der Waals surface area contributed by atoms with E-state index in [1.165, 1.54) is 52.3 Å². The number of alkyl halides is 3. The number of nitro groups is 1. The number of carbonyl (C=O) groups is 2. The molecule has 0 bridgehead atoms. The fraction of sp³-hybridized carbons (Fsp3) is 0.182. The first kappa shape index (κ1) is 27.6. The standard InChI is InChI=1S/C22H17F3N8O4S2/c1-12-28-30-20(39-12)27-18(34)11-38-21-31-29-17(32(21)13-6-8-14(9-7-13)33(36)37)10-26-19(35)15-4-2-3-5-16(15)22(23,24)25/h2-9H,10-11H2,1H3,(H,26,35)(H,27,30,34). The van der Waals surface area contributed by atoms with Gasteiger partial charge in [-0.2, -0.15) is 13.2 Å². The maximum absolute atomic E-state index is 13.3. The van der Waals surface area contributed by atoms with Gasteiger partial charge in [0.1, 0.15) is 5.01 Å². The first-order valence-corrected chi connectivity index (χ1v) is 12.7. The second kappa shape index (κ2) is 11.6. The maximum atomic E-state index is 13.3. The molecular formula is C22H17F3N8O4S2. The van der Waals surface area contributed by atoms with Crippen LogP contribution in [0.25, 0.3) is 5.69 Å². The topological polar surface area (TPSA) is 158 Å². The molecule has 2 aromatic heterocycles. The van der Waals surface area contributed by atoms with Crippen molar-refractivity contribution in [2.75, 3.05) is 11.1 Å². The molecule has 2 heterocycles. The SMILES string of the molecule is Cc1nnc(NC(=O)CSc2nnc(CNC(=O)c3ccccc3C(F)(F)F)n2-c2ccc([N+](=O)[O-])cc2)s1. The van der Waals surface area contributed by atoms with Crippen LogP contribution < -0.4 is 10.6 Å². The Labute approximate surface area is 225 Å². The molecule has 39 heavy (non-hydrogen) atoms. The predicted octanol–water partition coefficient (Wildman–Crippen LogP) is 4.02. The van der Waals surface area contributed by atoms with Gasteiger partial charge in [-0.05, 0) is 31.2 Å². The fourth-order valence-electron chi connectivity index (χ4n) is 3.31. The number of hydrogen-bond donors (Lipinski definition) is 2. The normalized spacial score (nSPS) is 11.3.